The molecule has 1 aliphatic rings. The number of carbonyl (C=O) groups is 3. The summed E-state index contributed by atoms with van der Waals surface area (Å²) in [7, 11) is 3.37. The van der Waals surface area contributed by atoms with Crippen LogP contribution in [0.3, 0.4) is 0 Å². The first-order chi connectivity index (χ1) is 11.3. The second kappa shape index (κ2) is 7.58. The molecule has 1 aromatic heterocycles. The summed E-state index contributed by atoms with van der Waals surface area (Å²) in [6.45, 7) is 2.82. The largest absolute Gasteiger partial charge is 0.331 e. The number of Topliss-reactive ketones (excluding diaryl/α,β-unsaturated/α-hetero) is 2. The van der Waals surface area contributed by atoms with E-state index in [2.05, 4.69) is 0 Å². The molecular weight excluding hydrogens is 326 g/mol. The number of aryl methyl sites for hydroxylation is 1. The van der Waals surface area contributed by atoms with Crippen LogP contribution in [0.5, 0.6) is 0 Å². The Kier molecular flexibility index (Phi) is 5.73. The van der Waals surface area contributed by atoms with Crippen molar-refractivity contribution in [1.29, 1.82) is 5.26 Å². The minimum absolute atomic E-state index is 0.0807. The average molecular weight is 347 g/mol. The lowest BCUT2D eigenvalue weighted by atomic mass is 9.84. The van der Waals surface area contributed by atoms with Crippen molar-refractivity contribution in [2.24, 2.45) is 11.8 Å². The molecule has 1 saturated heterocycles. The van der Waals surface area contributed by atoms with Crippen molar-refractivity contribution in [3.05, 3.63) is 21.9 Å². The summed E-state index contributed by atoms with van der Waals surface area (Å²) in [6.07, 6.45) is 0.987. The lowest BCUT2D eigenvalue weighted by Gasteiger charge is -2.33. The summed E-state index contributed by atoms with van der Waals surface area (Å²) in [5, 5.41) is 9.32. The molecule has 1 aliphatic heterocycles. The fourth-order valence-electron chi connectivity index (χ4n) is 2.83. The second-order valence-corrected chi connectivity index (χ2v) is 7.47. The first kappa shape index (κ1) is 18.1. The number of likely N-dealkylation sites (tertiary alicyclic amines) is 1. The maximum Gasteiger partial charge on any atom is 0.319 e. The number of hydrogen-bond donors (Lipinski definition) is 0. The van der Waals surface area contributed by atoms with E-state index in [-0.39, 0.29) is 17.7 Å². The van der Waals surface area contributed by atoms with Gasteiger partial charge in [-0.15, -0.1) is 11.3 Å². The molecule has 0 unspecified atom stereocenters. The molecule has 0 bridgehead atoms. The normalized spacial score (nSPS) is 16.3. The lowest BCUT2D eigenvalue weighted by Crippen LogP contribution is -2.45. The Balaban J connectivity index is 2.02. The van der Waals surface area contributed by atoms with Crippen molar-refractivity contribution >= 4 is 28.9 Å². The Bertz CT molecular complexity index is 681. The summed E-state index contributed by atoms with van der Waals surface area (Å²) in [6, 6.07) is 5.27. The van der Waals surface area contributed by atoms with E-state index in [0.29, 0.717) is 30.8 Å². The third-order valence-electron chi connectivity index (χ3n) is 4.21. The minimum atomic E-state index is -1.25. The summed E-state index contributed by atoms with van der Waals surface area (Å²) in [5.74, 6) is -2.31. The first-order valence-corrected chi connectivity index (χ1v) is 8.67. The van der Waals surface area contributed by atoms with Crippen LogP contribution in [0, 0.1) is 30.1 Å². The SMILES string of the molecule is Cc1ccc(C(=O)[C@H](C#N)C(=O)C2CCN(C(=O)N(C)C)CC2)s1. The zero-order chi connectivity index (χ0) is 17.9. The number of hydrogen-bond acceptors (Lipinski definition) is 5. The van der Waals surface area contributed by atoms with Crippen LogP contribution in [0.25, 0.3) is 0 Å². The van der Waals surface area contributed by atoms with Crippen molar-refractivity contribution in [2.75, 3.05) is 27.2 Å². The van der Waals surface area contributed by atoms with E-state index in [1.165, 1.54) is 16.2 Å². The van der Waals surface area contributed by atoms with Gasteiger partial charge in [-0.1, -0.05) is 0 Å². The number of rotatable bonds is 4. The van der Waals surface area contributed by atoms with E-state index >= 15 is 0 Å². The van der Waals surface area contributed by atoms with Crippen molar-refractivity contribution in [3.63, 3.8) is 0 Å². The number of piperidine rings is 1. The molecule has 2 heterocycles. The molecule has 2 amide bonds. The van der Waals surface area contributed by atoms with Crippen LogP contribution in [0.2, 0.25) is 0 Å². The van der Waals surface area contributed by atoms with Crippen LogP contribution in [0.4, 0.5) is 4.79 Å². The summed E-state index contributed by atoms with van der Waals surface area (Å²) >= 11 is 1.30. The number of thiophene rings is 1. The molecule has 1 fully saturated rings. The topological polar surface area (TPSA) is 81.5 Å². The van der Waals surface area contributed by atoms with Gasteiger partial charge >= 0.3 is 6.03 Å². The van der Waals surface area contributed by atoms with E-state index < -0.39 is 11.7 Å². The second-order valence-electron chi connectivity index (χ2n) is 6.18. The Morgan fingerprint density at radius 3 is 2.38 bits per heavy atom. The van der Waals surface area contributed by atoms with Gasteiger partial charge in [-0.2, -0.15) is 5.26 Å². The number of nitriles is 1. The number of urea groups is 1. The molecule has 0 saturated carbocycles. The molecule has 0 spiro atoms. The molecule has 0 N–H and O–H groups in total. The standard InChI is InChI=1S/C17H21N3O3S/c1-11-4-5-14(24-11)16(22)13(10-18)15(21)12-6-8-20(9-7-12)17(23)19(2)3/h4-5,12-13H,6-9H2,1-3H3/t13-/m1/s1. The van der Waals surface area contributed by atoms with Gasteiger partial charge in [0, 0.05) is 38.0 Å². The van der Waals surface area contributed by atoms with Crippen LogP contribution in [0.15, 0.2) is 12.1 Å². The quantitative estimate of drug-likeness (QED) is 0.618. The van der Waals surface area contributed by atoms with Crippen LogP contribution in [0.1, 0.15) is 27.4 Å². The predicted molar refractivity (Wildman–Crippen MR) is 90.9 cm³/mol. The maximum absolute atomic E-state index is 12.6. The maximum atomic E-state index is 12.6. The monoisotopic (exact) mass is 347 g/mol. The Morgan fingerprint density at radius 2 is 1.92 bits per heavy atom. The molecule has 2 rings (SSSR count). The van der Waals surface area contributed by atoms with Gasteiger partial charge in [0.2, 0.25) is 0 Å². The van der Waals surface area contributed by atoms with E-state index in [4.69, 9.17) is 0 Å². The third-order valence-corrected chi connectivity index (χ3v) is 5.22. The van der Waals surface area contributed by atoms with Crippen molar-refractivity contribution in [1.82, 2.24) is 9.80 Å². The van der Waals surface area contributed by atoms with E-state index in [0.717, 1.165) is 4.88 Å². The van der Waals surface area contributed by atoms with Crippen LogP contribution in [-0.4, -0.2) is 54.6 Å². The molecule has 0 aliphatic carbocycles. The molecule has 0 radical (unpaired) electrons. The average Bonchev–Trinajstić information content (AvgIpc) is 3.01. The molecule has 24 heavy (non-hydrogen) atoms. The van der Waals surface area contributed by atoms with Crippen LogP contribution in [-0.2, 0) is 4.79 Å². The summed E-state index contributed by atoms with van der Waals surface area (Å²) in [5.41, 5.74) is 0. The van der Waals surface area contributed by atoms with Gasteiger partial charge in [0.05, 0.1) is 10.9 Å². The molecule has 1 atom stereocenters. The molecule has 0 aromatic carbocycles. The first-order valence-electron chi connectivity index (χ1n) is 7.85. The molecule has 6 nitrogen and oxygen atoms in total. The smallest absolute Gasteiger partial charge is 0.319 e. The zero-order valence-corrected chi connectivity index (χ0v) is 14.9. The fraction of sp³-hybridized carbons (Fsp3) is 0.529. The van der Waals surface area contributed by atoms with Gasteiger partial charge < -0.3 is 9.80 Å². The van der Waals surface area contributed by atoms with E-state index in [9.17, 15) is 19.6 Å². The fourth-order valence-corrected chi connectivity index (χ4v) is 3.67. The van der Waals surface area contributed by atoms with Crippen LogP contribution < -0.4 is 0 Å². The Morgan fingerprint density at radius 1 is 1.29 bits per heavy atom. The number of ketones is 2. The number of amides is 2. The highest BCUT2D eigenvalue weighted by molar-refractivity contribution is 7.14. The number of carbonyl (C=O) groups excluding carboxylic acids is 3. The molecular formula is C17H21N3O3S. The molecule has 1 aromatic rings. The predicted octanol–water partition coefficient (Wildman–Crippen LogP) is 2.34. The highest BCUT2D eigenvalue weighted by Gasteiger charge is 2.36. The van der Waals surface area contributed by atoms with E-state index in [1.54, 1.807) is 25.1 Å². The Labute approximate surface area is 145 Å². The van der Waals surface area contributed by atoms with Crippen LogP contribution >= 0.6 is 11.3 Å². The highest BCUT2D eigenvalue weighted by Crippen LogP contribution is 2.25. The van der Waals surface area contributed by atoms with Crippen molar-refractivity contribution in [2.45, 2.75) is 19.8 Å². The summed E-state index contributed by atoms with van der Waals surface area (Å²) in [4.78, 5) is 41.6. The van der Waals surface area contributed by atoms with Gasteiger partial charge in [0.15, 0.2) is 17.5 Å². The van der Waals surface area contributed by atoms with Crippen molar-refractivity contribution < 1.29 is 14.4 Å². The minimum Gasteiger partial charge on any atom is -0.331 e. The number of nitrogens with zero attached hydrogens (tertiary/aromatic N) is 3. The van der Waals surface area contributed by atoms with Gasteiger partial charge in [-0.3, -0.25) is 9.59 Å². The third kappa shape index (κ3) is 3.82. The zero-order valence-electron chi connectivity index (χ0n) is 14.1. The highest BCUT2D eigenvalue weighted by atomic mass is 32.1. The Hall–Kier alpha value is -2.20. The molecule has 7 heteroatoms. The lowest BCUT2D eigenvalue weighted by molar-refractivity contribution is -0.125. The van der Waals surface area contributed by atoms with Gasteiger partial charge in [0.25, 0.3) is 0 Å². The van der Waals surface area contributed by atoms with Gasteiger partial charge in [-0.25, -0.2) is 4.79 Å². The van der Waals surface area contributed by atoms with E-state index in [1.807, 2.05) is 19.1 Å². The molecule has 128 valence electrons. The van der Waals surface area contributed by atoms with Gasteiger partial charge in [0.1, 0.15) is 0 Å². The van der Waals surface area contributed by atoms with Crippen molar-refractivity contribution in [3.8, 4) is 6.07 Å². The summed E-state index contributed by atoms with van der Waals surface area (Å²) < 4.78 is 0. The van der Waals surface area contributed by atoms with Gasteiger partial charge in [-0.05, 0) is 31.9 Å².